The van der Waals surface area contributed by atoms with E-state index in [0.29, 0.717) is 6.04 Å². The zero-order chi connectivity index (χ0) is 12.1. The fraction of sp³-hybridized carbons (Fsp3) is 0.538. The Morgan fingerprint density at radius 3 is 3.12 bits per heavy atom. The van der Waals surface area contributed by atoms with Crippen molar-refractivity contribution in [3.8, 4) is 5.75 Å². The molecule has 4 heteroatoms. The van der Waals surface area contributed by atoms with Crippen LogP contribution in [0.15, 0.2) is 28.7 Å². The first-order valence-electron chi connectivity index (χ1n) is 5.93. The fourth-order valence-corrected chi connectivity index (χ4v) is 4.00. The van der Waals surface area contributed by atoms with E-state index >= 15 is 0 Å². The van der Waals surface area contributed by atoms with E-state index in [9.17, 15) is 0 Å². The maximum absolute atomic E-state index is 5.77. The Morgan fingerprint density at radius 1 is 1.47 bits per heavy atom. The summed E-state index contributed by atoms with van der Waals surface area (Å²) in [6, 6.07) is 8.69. The number of benzene rings is 1. The van der Waals surface area contributed by atoms with E-state index < -0.39 is 0 Å². The molecule has 1 N–H and O–H groups in total. The topological polar surface area (TPSA) is 21.3 Å². The molecule has 2 rings (SSSR count). The van der Waals surface area contributed by atoms with Crippen molar-refractivity contribution in [1.29, 1.82) is 0 Å². The molecule has 1 aromatic rings. The van der Waals surface area contributed by atoms with Gasteiger partial charge in [0, 0.05) is 16.3 Å². The summed E-state index contributed by atoms with van der Waals surface area (Å²) in [5, 5.41) is 3.39. The SMILES string of the molecule is CNC1CSCC1CCOc1cccc(Br)c1. The fourth-order valence-electron chi connectivity index (χ4n) is 2.09. The Hall–Kier alpha value is -0.190. The summed E-state index contributed by atoms with van der Waals surface area (Å²) in [5.74, 6) is 4.19. The molecule has 0 amide bonds. The van der Waals surface area contributed by atoms with Gasteiger partial charge in [0.1, 0.15) is 5.75 Å². The van der Waals surface area contributed by atoms with Gasteiger partial charge in [-0.05, 0) is 43.3 Å². The zero-order valence-corrected chi connectivity index (χ0v) is 12.4. The van der Waals surface area contributed by atoms with E-state index in [1.165, 1.54) is 11.5 Å². The van der Waals surface area contributed by atoms with E-state index in [0.717, 1.165) is 29.2 Å². The van der Waals surface area contributed by atoms with Gasteiger partial charge in [-0.15, -0.1) is 0 Å². The van der Waals surface area contributed by atoms with Gasteiger partial charge in [0.25, 0.3) is 0 Å². The third-order valence-corrected chi connectivity index (χ3v) is 4.87. The van der Waals surface area contributed by atoms with Crippen LogP contribution in [0.3, 0.4) is 0 Å². The molecule has 1 heterocycles. The van der Waals surface area contributed by atoms with Gasteiger partial charge in [-0.3, -0.25) is 0 Å². The standard InChI is InChI=1S/C13H18BrNOS/c1-15-13-9-17-8-10(13)5-6-16-12-4-2-3-11(14)7-12/h2-4,7,10,13,15H,5-6,8-9H2,1H3. The minimum absolute atomic E-state index is 0.658. The van der Waals surface area contributed by atoms with Crippen molar-refractivity contribution in [3.63, 3.8) is 0 Å². The average Bonchev–Trinajstić information content (AvgIpc) is 2.77. The number of thioether (sulfide) groups is 1. The van der Waals surface area contributed by atoms with Gasteiger partial charge in [0.15, 0.2) is 0 Å². The van der Waals surface area contributed by atoms with E-state index in [2.05, 4.69) is 28.3 Å². The first-order valence-corrected chi connectivity index (χ1v) is 7.87. The lowest BCUT2D eigenvalue weighted by Gasteiger charge is -2.18. The highest BCUT2D eigenvalue weighted by atomic mass is 79.9. The van der Waals surface area contributed by atoms with Crippen LogP contribution in [-0.2, 0) is 0 Å². The van der Waals surface area contributed by atoms with Crippen LogP contribution in [0.4, 0.5) is 0 Å². The molecule has 0 aliphatic carbocycles. The molecule has 2 atom stereocenters. The van der Waals surface area contributed by atoms with E-state index in [-0.39, 0.29) is 0 Å². The minimum atomic E-state index is 0.658. The van der Waals surface area contributed by atoms with Gasteiger partial charge in [0.2, 0.25) is 0 Å². The highest BCUT2D eigenvalue weighted by Crippen LogP contribution is 2.27. The normalized spacial score (nSPS) is 23.9. The maximum atomic E-state index is 5.77. The molecular formula is C13H18BrNOS. The highest BCUT2D eigenvalue weighted by Gasteiger charge is 2.25. The molecule has 0 saturated carbocycles. The summed E-state index contributed by atoms with van der Waals surface area (Å²) in [4.78, 5) is 0. The van der Waals surface area contributed by atoms with E-state index in [1.54, 1.807) is 0 Å². The molecule has 2 unspecified atom stereocenters. The number of rotatable bonds is 5. The predicted molar refractivity (Wildman–Crippen MR) is 77.9 cm³/mol. The van der Waals surface area contributed by atoms with Crippen molar-refractivity contribution in [2.45, 2.75) is 12.5 Å². The summed E-state index contributed by atoms with van der Waals surface area (Å²) in [5.41, 5.74) is 0. The van der Waals surface area contributed by atoms with Crippen molar-refractivity contribution >= 4 is 27.7 Å². The van der Waals surface area contributed by atoms with Crippen molar-refractivity contribution < 1.29 is 4.74 Å². The first-order chi connectivity index (χ1) is 8.29. The Morgan fingerprint density at radius 2 is 2.35 bits per heavy atom. The quantitative estimate of drug-likeness (QED) is 0.901. The van der Waals surface area contributed by atoms with Crippen molar-refractivity contribution in [2.24, 2.45) is 5.92 Å². The second kappa shape index (κ2) is 6.66. The van der Waals surface area contributed by atoms with Crippen LogP contribution in [0.5, 0.6) is 5.75 Å². The van der Waals surface area contributed by atoms with Gasteiger partial charge in [0.05, 0.1) is 6.61 Å². The second-order valence-electron chi connectivity index (χ2n) is 4.29. The molecule has 17 heavy (non-hydrogen) atoms. The lowest BCUT2D eigenvalue weighted by Crippen LogP contribution is -2.33. The molecule has 0 spiro atoms. The Labute approximate surface area is 116 Å². The number of halogens is 1. The number of hydrogen-bond acceptors (Lipinski definition) is 3. The van der Waals surface area contributed by atoms with Gasteiger partial charge in [-0.1, -0.05) is 22.0 Å². The van der Waals surface area contributed by atoms with Gasteiger partial charge < -0.3 is 10.1 Å². The number of hydrogen-bond donors (Lipinski definition) is 1. The minimum Gasteiger partial charge on any atom is -0.494 e. The molecular weight excluding hydrogens is 298 g/mol. The molecule has 2 nitrogen and oxygen atoms in total. The number of ether oxygens (including phenoxy) is 1. The molecule has 0 radical (unpaired) electrons. The van der Waals surface area contributed by atoms with Gasteiger partial charge >= 0.3 is 0 Å². The molecule has 1 aromatic carbocycles. The average molecular weight is 316 g/mol. The Balaban J connectivity index is 1.76. The molecule has 1 aliphatic heterocycles. The maximum Gasteiger partial charge on any atom is 0.120 e. The second-order valence-corrected chi connectivity index (χ2v) is 6.28. The van der Waals surface area contributed by atoms with Crippen LogP contribution in [0, 0.1) is 5.92 Å². The summed E-state index contributed by atoms with van der Waals surface area (Å²) < 4.78 is 6.84. The molecule has 1 saturated heterocycles. The summed E-state index contributed by atoms with van der Waals surface area (Å²) in [7, 11) is 2.05. The summed E-state index contributed by atoms with van der Waals surface area (Å²) >= 11 is 5.49. The lowest BCUT2D eigenvalue weighted by atomic mass is 10.0. The van der Waals surface area contributed by atoms with Gasteiger partial charge in [-0.25, -0.2) is 0 Å². The van der Waals surface area contributed by atoms with Crippen molar-refractivity contribution in [1.82, 2.24) is 5.32 Å². The van der Waals surface area contributed by atoms with E-state index in [4.69, 9.17) is 4.74 Å². The predicted octanol–water partition coefficient (Wildman–Crippen LogP) is 3.17. The molecule has 94 valence electrons. The van der Waals surface area contributed by atoms with Crippen molar-refractivity contribution in [3.05, 3.63) is 28.7 Å². The van der Waals surface area contributed by atoms with Crippen molar-refractivity contribution in [2.75, 3.05) is 25.2 Å². The van der Waals surface area contributed by atoms with Crippen LogP contribution in [0.1, 0.15) is 6.42 Å². The Bertz CT molecular complexity index is 361. The molecule has 0 aromatic heterocycles. The van der Waals surface area contributed by atoms with Crippen LogP contribution < -0.4 is 10.1 Å². The van der Waals surface area contributed by atoms with Crippen LogP contribution in [0.25, 0.3) is 0 Å². The lowest BCUT2D eigenvalue weighted by molar-refractivity contribution is 0.271. The molecule has 1 fully saturated rings. The van der Waals surface area contributed by atoms with Crippen LogP contribution in [-0.4, -0.2) is 31.2 Å². The summed E-state index contributed by atoms with van der Waals surface area (Å²) in [6.45, 7) is 0.805. The van der Waals surface area contributed by atoms with Gasteiger partial charge in [-0.2, -0.15) is 11.8 Å². The number of nitrogens with one attached hydrogen (secondary N) is 1. The van der Waals surface area contributed by atoms with Crippen LogP contribution >= 0.6 is 27.7 Å². The summed E-state index contributed by atoms with van der Waals surface area (Å²) in [6.07, 6.45) is 1.13. The zero-order valence-electron chi connectivity index (χ0n) is 9.99. The third-order valence-electron chi connectivity index (χ3n) is 3.12. The first kappa shape index (κ1) is 13.2. The molecule has 1 aliphatic rings. The van der Waals surface area contributed by atoms with Crippen LogP contribution in [0.2, 0.25) is 0 Å². The smallest absolute Gasteiger partial charge is 0.120 e. The monoisotopic (exact) mass is 315 g/mol. The van der Waals surface area contributed by atoms with E-state index in [1.807, 2.05) is 36.0 Å². The largest absolute Gasteiger partial charge is 0.494 e. The Kier molecular flexibility index (Phi) is 5.19. The molecule has 0 bridgehead atoms. The highest BCUT2D eigenvalue weighted by molar-refractivity contribution is 9.10. The third kappa shape index (κ3) is 3.90.